The van der Waals surface area contributed by atoms with Gasteiger partial charge in [0.05, 0.1) is 10.2 Å². The zero-order valence-corrected chi connectivity index (χ0v) is 33.2. The lowest BCUT2D eigenvalue weighted by molar-refractivity contribution is 1.28. The minimum Gasteiger partial charge on any atom is -0.311 e. The monoisotopic (exact) mass is 779 g/mol. The van der Waals surface area contributed by atoms with Crippen LogP contribution < -0.4 is 9.80 Å². The van der Waals surface area contributed by atoms with Crippen LogP contribution in [0.15, 0.2) is 224 Å². The molecule has 0 saturated carbocycles. The first-order valence-electron chi connectivity index (χ1n) is 19.4. The molecule has 3 nitrogen and oxygen atoms in total. The van der Waals surface area contributed by atoms with Crippen LogP contribution >= 0.6 is 22.7 Å². The molecule has 0 bridgehead atoms. The van der Waals surface area contributed by atoms with Crippen molar-refractivity contribution in [3.05, 3.63) is 224 Å². The molecule has 10 aromatic rings. The molecule has 0 aliphatic carbocycles. The van der Waals surface area contributed by atoms with Gasteiger partial charge in [-0.25, -0.2) is 4.98 Å². The molecule has 0 saturated heterocycles. The van der Waals surface area contributed by atoms with Gasteiger partial charge in [0.25, 0.3) is 0 Å². The van der Waals surface area contributed by atoms with E-state index >= 15 is 0 Å². The number of thiazole rings is 1. The van der Waals surface area contributed by atoms with Gasteiger partial charge in [-0.15, -0.1) is 22.7 Å². The molecule has 0 atom stereocenters. The van der Waals surface area contributed by atoms with Crippen LogP contribution in [-0.2, 0) is 0 Å². The molecule has 5 heteroatoms. The molecule has 0 N–H and O–H groups in total. The lowest BCUT2D eigenvalue weighted by Crippen LogP contribution is -2.10. The molecule has 2 heterocycles. The van der Waals surface area contributed by atoms with Crippen LogP contribution in [0.2, 0.25) is 0 Å². The minimum absolute atomic E-state index is 1.03. The summed E-state index contributed by atoms with van der Waals surface area (Å²) >= 11 is 3.56. The average molecular weight is 780 g/mol. The van der Waals surface area contributed by atoms with E-state index in [9.17, 15) is 0 Å². The van der Waals surface area contributed by atoms with Crippen LogP contribution in [0.1, 0.15) is 0 Å². The maximum Gasteiger partial charge on any atom is 0.124 e. The average Bonchev–Trinajstić information content (AvgIpc) is 3.98. The summed E-state index contributed by atoms with van der Waals surface area (Å²) in [6, 6.07) is 79.9. The Balaban J connectivity index is 0.911. The lowest BCUT2D eigenvalue weighted by atomic mass is 10.0. The Bertz CT molecular complexity index is 2870. The molecule has 2 aromatic heterocycles. The zero-order chi connectivity index (χ0) is 38.7. The van der Waals surface area contributed by atoms with E-state index in [1.807, 2.05) is 17.4 Å². The number of thiophene rings is 1. The van der Waals surface area contributed by atoms with Gasteiger partial charge in [-0.05, 0) is 131 Å². The predicted molar refractivity (Wildman–Crippen MR) is 249 cm³/mol. The van der Waals surface area contributed by atoms with E-state index in [2.05, 4.69) is 228 Å². The third-order valence-electron chi connectivity index (χ3n) is 10.4. The third-order valence-corrected chi connectivity index (χ3v) is 12.6. The lowest BCUT2D eigenvalue weighted by Gasteiger charge is -2.26. The van der Waals surface area contributed by atoms with Crippen molar-refractivity contribution in [2.75, 3.05) is 9.80 Å². The second-order valence-electron chi connectivity index (χ2n) is 14.0. The Morgan fingerprint density at radius 2 is 0.638 bits per heavy atom. The Labute approximate surface area is 347 Å². The first-order valence-corrected chi connectivity index (χ1v) is 21.0. The zero-order valence-electron chi connectivity index (χ0n) is 31.5. The molecule has 8 aromatic carbocycles. The summed E-state index contributed by atoms with van der Waals surface area (Å²) in [6.07, 6.45) is 0. The Kier molecular flexibility index (Phi) is 9.65. The van der Waals surface area contributed by atoms with Gasteiger partial charge in [-0.3, -0.25) is 0 Å². The molecule has 0 aliphatic heterocycles. The molecule has 0 spiro atoms. The van der Waals surface area contributed by atoms with Crippen LogP contribution in [0.3, 0.4) is 0 Å². The number of rotatable bonds is 10. The van der Waals surface area contributed by atoms with E-state index in [1.54, 1.807) is 11.3 Å². The van der Waals surface area contributed by atoms with Crippen LogP contribution in [0, 0.1) is 0 Å². The largest absolute Gasteiger partial charge is 0.311 e. The third kappa shape index (κ3) is 7.21. The standard InChI is InChI=1S/C53H37N3S2/c1-4-12-40(13-5-1)50-36-37-51(57-50)41-24-32-47(33-25-41)55(43-14-6-2-7-15-43)45-28-20-38(21-29-45)39-22-30-46(31-23-39)56(44-16-8-3-9-17-44)48-34-26-42(27-35-48)53-54-49-18-10-11-19-52(49)58-53/h1-37H. The van der Waals surface area contributed by atoms with Crippen molar-refractivity contribution in [1.29, 1.82) is 0 Å². The highest BCUT2D eigenvalue weighted by molar-refractivity contribution is 7.21. The van der Waals surface area contributed by atoms with Crippen molar-refractivity contribution in [3.8, 4) is 42.6 Å². The quantitative estimate of drug-likeness (QED) is 0.138. The Morgan fingerprint density at radius 1 is 0.276 bits per heavy atom. The smallest absolute Gasteiger partial charge is 0.124 e. The Morgan fingerprint density at radius 3 is 1.10 bits per heavy atom. The summed E-state index contributed by atoms with van der Waals surface area (Å²) in [6.45, 7) is 0. The summed E-state index contributed by atoms with van der Waals surface area (Å²) in [5.41, 5.74) is 13.6. The maximum atomic E-state index is 4.88. The number of para-hydroxylation sites is 3. The number of hydrogen-bond donors (Lipinski definition) is 0. The van der Waals surface area contributed by atoms with Crippen molar-refractivity contribution in [3.63, 3.8) is 0 Å². The number of aromatic nitrogens is 1. The molecular formula is C53H37N3S2. The molecule has 0 radical (unpaired) electrons. The van der Waals surface area contributed by atoms with E-state index in [0.29, 0.717) is 0 Å². The van der Waals surface area contributed by atoms with Crippen LogP contribution in [-0.4, -0.2) is 4.98 Å². The summed E-state index contributed by atoms with van der Waals surface area (Å²) in [5, 5.41) is 1.03. The van der Waals surface area contributed by atoms with E-state index in [-0.39, 0.29) is 0 Å². The molecule has 0 aliphatic rings. The second-order valence-corrected chi connectivity index (χ2v) is 16.2. The summed E-state index contributed by atoms with van der Waals surface area (Å²) in [5.74, 6) is 0. The summed E-state index contributed by atoms with van der Waals surface area (Å²) < 4.78 is 1.20. The van der Waals surface area contributed by atoms with Gasteiger partial charge in [0.2, 0.25) is 0 Å². The van der Waals surface area contributed by atoms with Crippen LogP contribution in [0.5, 0.6) is 0 Å². The van der Waals surface area contributed by atoms with E-state index in [0.717, 1.165) is 61.3 Å². The van der Waals surface area contributed by atoms with Gasteiger partial charge < -0.3 is 9.80 Å². The normalized spacial score (nSPS) is 11.1. The number of benzene rings is 8. The van der Waals surface area contributed by atoms with Gasteiger partial charge in [-0.2, -0.15) is 0 Å². The van der Waals surface area contributed by atoms with E-state index < -0.39 is 0 Å². The number of fused-ring (bicyclic) bond motifs is 1. The fourth-order valence-electron chi connectivity index (χ4n) is 7.43. The highest BCUT2D eigenvalue weighted by atomic mass is 32.1. The number of hydrogen-bond acceptors (Lipinski definition) is 5. The van der Waals surface area contributed by atoms with Gasteiger partial charge in [0.1, 0.15) is 5.01 Å². The van der Waals surface area contributed by atoms with Crippen molar-refractivity contribution in [2.45, 2.75) is 0 Å². The highest BCUT2D eigenvalue weighted by Crippen LogP contribution is 2.41. The molecule has 0 amide bonds. The number of nitrogens with zero attached hydrogens (tertiary/aromatic N) is 3. The molecule has 0 unspecified atom stereocenters. The molecule has 0 fully saturated rings. The van der Waals surface area contributed by atoms with Crippen LogP contribution in [0.4, 0.5) is 34.1 Å². The Hall–Kier alpha value is -7.05. The van der Waals surface area contributed by atoms with Crippen molar-refractivity contribution in [2.24, 2.45) is 0 Å². The second kappa shape index (κ2) is 15.8. The maximum absolute atomic E-state index is 4.88. The SMILES string of the molecule is c1ccc(-c2ccc(-c3ccc(N(c4ccccc4)c4ccc(-c5ccc(N(c6ccccc6)c6ccc(-c7nc8ccccc8s7)cc6)cc5)cc4)cc3)s2)cc1. The van der Waals surface area contributed by atoms with Crippen LogP contribution in [0.25, 0.3) is 52.8 Å². The van der Waals surface area contributed by atoms with E-state index in [4.69, 9.17) is 4.98 Å². The first-order chi connectivity index (χ1) is 28.7. The fraction of sp³-hybridized carbons (Fsp3) is 0. The molecule has 10 rings (SSSR count). The van der Waals surface area contributed by atoms with Gasteiger partial charge in [0, 0.05) is 49.4 Å². The van der Waals surface area contributed by atoms with Gasteiger partial charge in [0.15, 0.2) is 0 Å². The minimum atomic E-state index is 1.03. The van der Waals surface area contributed by atoms with Crippen molar-refractivity contribution < 1.29 is 0 Å². The van der Waals surface area contributed by atoms with Crippen molar-refractivity contribution in [1.82, 2.24) is 4.98 Å². The number of anilines is 6. The van der Waals surface area contributed by atoms with E-state index in [1.165, 1.54) is 25.6 Å². The molecular weight excluding hydrogens is 743 g/mol. The summed E-state index contributed by atoms with van der Waals surface area (Å²) in [7, 11) is 0. The van der Waals surface area contributed by atoms with Crippen molar-refractivity contribution >= 4 is 67.0 Å². The highest BCUT2D eigenvalue weighted by Gasteiger charge is 2.16. The van der Waals surface area contributed by atoms with Gasteiger partial charge >= 0.3 is 0 Å². The molecule has 276 valence electrons. The summed E-state index contributed by atoms with van der Waals surface area (Å²) in [4.78, 5) is 12.0. The topological polar surface area (TPSA) is 19.4 Å². The predicted octanol–water partition coefficient (Wildman–Crippen LogP) is 16.0. The molecule has 58 heavy (non-hydrogen) atoms. The van der Waals surface area contributed by atoms with Gasteiger partial charge in [-0.1, -0.05) is 115 Å². The first kappa shape index (κ1) is 35.4. The fourth-order valence-corrected chi connectivity index (χ4v) is 9.42.